The van der Waals surface area contributed by atoms with Gasteiger partial charge in [0.25, 0.3) is 5.91 Å². The minimum atomic E-state index is 0.00318. The molecule has 2 heterocycles. The number of carbonyl (C=O) groups is 1. The molecule has 0 atom stereocenters. The van der Waals surface area contributed by atoms with Gasteiger partial charge in [-0.15, -0.1) is 0 Å². The number of alkyl halides is 1. The van der Waals surface area contributed by atoms with Crippen LogP contribution in [-0.2, 0) is 0 Å². The Kier molecular flexibility index (Phi) is 18.4. The average molecular weight is 613 g/mol. The van der Waals surface area contributed by atoms with E-state index < -0.39 is 0 Å². The first-order valence-corrected chi connectivity index (χ1v) is 16.5. The molecule has 1 fully saturated rings. The van der Waals surface area contributed by atoms with Crippen LogP contribution in [0.25, 0.3) is 0 Å². The number of hydrogen-bond donors (Lipinski definition) is 1. The van der Waals surface area contributed by atoms with E-state index in [-0.39, 0.29) is 5.91 Å². The first-order valence-electron chi connectivity index (χ1n) is 15.0. The average Bonchev–Trinajstić information content (AvgIpc) is 2.92. The van der Waals surface area contributed by atoms with Gasteiger partial charge in [0.2, 0.25) is 0 Å². The second-order valence-corrected chi connectivity index (χ2v) is 11.6. The summed E-state index contributed by atoms with van der Waals surface area (Å²) in [5, 5.41) is 3.07. The van der Waals surface area contributed by atoms with Crippen molar-refractivity contribution in [3.8, 4) is 0 Å². The zero-order valence-corrected chi connectivity index (χ0v) is 25.3. The van der Waals surface area contributed by atoms with E-state index in [0.29, 0.717) is 5.56 Å². The van der Waals surface area contributed by atoms with Crippen LogP contribution in [0.5, 0.6) is 0 Å². The van der Waals surface area contributed by atoms with Crippen LogP contribution in [0.4, 0.5) is 5.82 Å². The van der Waals surface area contributed by atoms with Gasteiger partial charge in [0.15, 0.2) is 0 Å². The third-order valence-electron chi connectivity index (χ3n) is 7.38. The summed E-state index contributed by atoms with van der Waals surface area (Å²) in [6, 6.07) is 3.93. The number of pyridine rings is 1. The summed E-state index contributed by atoms with van der Waals surface area (Å²) in [6.07, 6.45) is 23.3. The van der Waals surface area contributed by atoms with Crippen LogP contribution in [0.1, 0.15) is 120 Å². The molecule has 1 aromatic rings. The Hall–Kier alpha value is -0.890. The van der Waals surface area contributed by atoms with Crippen LogP contribution < -0.4 is 10.2 Å². The lowest BCUT2D eigenvalue weighted by Gasteiger charge is -2.35. The molecule has 1 aliphatic rings. The second kappa shape index (κ2) is 21.1. The lowest BCUT2D eigenvalue weighted by atomic mass is 10.0. The number of aromatic nitrogens is 1. The Balaban J connectivity index is 1.43. The molecule has 0 aromatic carbocycles. The van der Waals surface area contributed by atoms with E-state index in [1.165, 1.54) is 107 Å². The van der Waals surface area contributed by atoms with Crippen molar-refractivity contribution in [1.82, 2.24) is 15.2 Å². The molecule has 0 saturated carbocycles. The molecule has 5 nitrogen and oxygen atoms in total. The molecule has 0 unspecified atom stereocenters. The van der Waals surface area contributed by atoms with Gasteiger partial charge in [0.05, 0.1) is 5.56 Å². The summed E-state index contributed by atoms with van der Waals surface area (Å²) in [5.41, 5.74) is 0.668. The number of amides is 1. The molecule has 206 valence electrons. The second-order valence-electron chi connectivity index (χ2n) is 10.5. The summed E-state index contributed by atoms with van der Waals surface area (Å²) in [4.78, 5) is 21.9. The molecular formula is C30H53IN4O. The third kappa shape index (κ3) is 14.2. The maximum Gasteiger partial charge on any atom is 0.252 e. The van der Waals surface area contributed by atoms with Gasteiger partial charge in [-0.05, 0) is 42.4 Å². The van der Waals surface area contributed by atoms with E-state index in [9.17, 15) is 4.79 Å². The Morgan fingerprint density at radius 2 is 1.36 bits per heavy atom. The zero-order chi connectivity index (χ0) is 25.7. The summed E-state index contributed by atoms with van der Waals surface area (Å²) >= 11 is 2.48. The number of nitrogens with one attached hydrogen (secondary N) is 1. The monoisotopic (exact) mass is 612 g/mol. The number of hydrogen-bond acceptors (Lipinski definition) is 4. The van der Waals surface area contributed by atoms with Gasteiger partial charge >= 0.3 is 0 Å². The fourth-order valence-corrected chi connectivity index (χ4v) is 5.47. The van der Waals surface area contributed by atoms with Gasteiger partial charge in [-0.1, -0.05) is 113 Å². The molecule has 1 N–H and O–H groups in total. The van der Waals surface area contributed by atoms with Gasteiger partial charge in [0.1, 0.15) is 5.82 Å². The van der Waals surface area contributed by atoms with E-state index >= 15 is 0 Å². The largest absolute Gasteiger partial charge is 0.354 e. The number of unbranched alkanes of at least 4 members (excludes halogenated alkanes) is 14. The fourth-order valence-electron chi connectivity index (χ4n) is 4.93. The van der Waals surface area contributed by atoms with Crippen molar-refractivity contribution < 1.29 is 4.79 Å². The third-order valence-corrected chi connectivity index (χ3v) is 8.14. The minimum absolute atomic E-state index is 0.00318. The summed E-state index contributed by atoms with van der Waals surface area (Å²) < 4.78 is 1.32. The maximum absolute atomic E-state index is 12.5. The number of halogens is 1. The first-order chi connectivity index (χ1) is 17.7. The first kappa shape index (κ1) is 31.3. The highest BCUT2D eigenvalue weighted by molar-refractivity contribution is 14.1. The van der Waals surface area contributed by atoms with Crippen LogP contribution in [0, 0.1) is 0 Å². The van der Waals surface area contributed by atoms with Crippen molar-refractivity contribution in [2.45, 2.75) is 110 Å². The molecule has 2 rings (SSSR count). The molecule has 0 bridgehead atoms. The van der Waals surface area contributed by atoms with E-state index in [2.05, 4.69) is 49.6 Å². The van der Waals surface area contributed by atoms with E-state index in [4.69, 9.17) is 0 Å². The highest BCUT2D eigenvalue weighted by Gasteiger charge is 2.17. The molecule has 1 aliphatic heterocycles. The Labute approximate surface area is 235 Å². The van der Waals surface area contributed by atoms with Crippen molar-refractivity contribution in [3.63, 3.8) is 0 Å². The number of rotatable bonds is 21. The number of piperazine rings is 1. The van der Waals surface area contributed by atoms with Crippen LogP contribution in [0.3, 0.4) is 0 Å². The topological polar surface area (TPSA) is 48.5 Å². The lowest BCUT2D eigenvalue weighted by Crippen LogP contribution is -2.46. The predicted octanol–water partition coefficient (Wildman–Crippen LogP) is 7.63. The van der Waals surface area contributed by atoms with Crippen molar-refractivity contribution in [1.29, 1.82) is 0 Å². The smallest absolute Gasteiger partial charge is 0.252 e. The molecule has 1 aromatic heterocycles. The summed E-state index contributed by atoms with van der Waals surface area (Å²) in [7, 11) is 0. The molecule has 1 saturated heterocycles. The van der Waals surface area contributed by atoms with Gasteiger partial charge < -0.3 is 10.2 Å². The molecule has 1 amide bonds. The lowest BCUT2D eigenvalue weighted by molar-refractivity contribution is 0.0952. The SMILES string of the molecule is CCCCN1CCN(c2ccc(C(=O)NCCCCCCCCCCCCCCCCI)cn2)CC1. The van der Waals surface area contributed by atoms with E-state index in [0.717, 1.165) is 45.0 Å². The predicted molar refractivity (Wildman–Crippen MR) is 164 cm³/mol. The molecule has 0 radical (unpaired) electrons. The van der Waals surface area contributed by atoms with Crippen molar-refractivity contribution in [2.24, 2.45) is 0 Å². The van der Waals surface area contributed by atoms with Crippen molar-refractivity contribution >= 4 is 34.3 Å². The number of nitrogens with zero attached hydrogens (tertiary/aromatic N) is 3. The van der Waals surface area contributed by atoms with Crippen molar-refractivity contribution in [3.05, 3.63) is 23.9 Å². The van der Waals surface area contributed by atoms with Gasteiger partial charge in [-0.25, -0.2) is 4.98 Å². The quantitative estimate of drug-likeness (QED) is 0.0882. The van der Waals surface area contributed by atoms with Gasteiger partial charge in [-0.2, -0.15) is 0 Å². The zero-order valence-electron chi connectivity index (χ0n) is 23.1. The standard InChI is InChI=1S/C30H53IN4O/c1-2-3-22-34-23-25-35(26-24-34)29-19-18-28(27-33-29)30(36)32-21-17-15-13-11-9-7-5-4-6-8-10-12-14-16-20-31/h18-19,27H,2-17,20-26H2,1H3,(H,32,36). The van der Waals surface area contributed by atoms with Crippen molar-refractivity contribution in [2.75, 3.05) is 48.6 Å². The highest BCUT2D eigenvalue weighted by Crippen LogP contribution is 2.15. The van der Waals surface area contributed by atoms with Gasteiger partial charge in [-0.3, -0.25) is 9.69 Å². The Bertz CT molecular complexity index is 661. The van der Waals surface area contributed by atoms with Crippen LogP contribution >= 0.6 is 22.6 Å². The molecule has 36 heavy (non-hydrogen) atoms. The molecular weight excluding hydrogens is 559 g/mol. The minimum Gasteiger partial charge on any atom is -0.354 e. The molecule has 0 spiro atoms. The number of carbonyl (C=O) groups excluding carboxylic acids is 1. The Morgan fingerprint density at radius 1 is 0.806 bits per heavy atom. The molecule has 6 heteroatoms. The van der Waals surface area contributed by atoms with E-state index in [1.54, 1.807) is 6.20 Å². The number of anilines is 1. The summed E-state index contributed by atoms with van der Waals surface area (Å²) in [6.45, 7) is 8.45. The van der Waals surface area contributed by atoms with Crippen LogP contribution in [-0.4, -0.2) is 59.5 Å². The maximum atomic E-state index is 12.5. The van der Waals surface area contributed by atoms with Crippen LogP contribution in [0.15, 0.2) is 18.3 Å². The molecule has 0 aliphatic carbocycles. The summed E-state index contributed by atoms with van der Waals surface area (Å²) in [5.74, 6) is 0.993. The fraction of sp³-hybridized carbons (Fsp3) is 0.800. The highest BCUT2D eigenvalue weighted by atomic mass is 127. The normalized spacial score (nSPS) is 14.3. The van der Waals surface area contributed by atoms with Gasteiger partial charge in [0, 0.05) is 38.9 Å². The Morgan fingerprint density at radius 3 is 1.86 bits per heavy atom. The van der Waals surface area contributed by atoms with Crippen LogP contribution in [0.2, 0.25) is 0 Å². The van der Waals surface area contributed by atoms with E-state index in [1.807, 2.05) is 12.1 Å².